The average molecular weight is 287 g/mol. The van der Waals surface area contributed by atoms with Crippen LogP contribution < -0.4 is 5.32 Å². The lowest BCUT2D eigenvalue weighted by Crippen LogP contribution is -2.30. The topological polar surface area (TPSA) is 72.7 Å². The summed E-state index contributed by atoms with van der Waals surface area (Å²) in [6, 6.07) is 8.35. The monoisotopic (exact) mass is 287 g/mol. The van der Waals surface area contributed by atoms with Gasteiger partial charge in [-0.15, -0.1) is 5.10 Å². The number of nitrogens with one attached hydrogen (secondary N) is 1. The molecule has 0 saturated heterocycles. The fourth-order valence-electron chi connectivity index (χ4n) is 2.18. The Morgan fingerprint density at radius 1 is 1.24 bits per heavy atom. The second-order valence-corrected chi connectivity index (χ2v) is 5.64. The first-order valence-corrected chi connectivity index (χ1v) is 7.13. The van der Waals surface area contributed by atoms with Gasteiger partial charge in [0.2, 0.25) is 5.91 Å². The SMILES string of the molecule is CC(C)Cc1ccc([C@H](C)NC(=O)Cn2cnnn2)cc1. The number of rotatable bonds is 6. The van der Waals surface area contributed by atoms with Crippen molar-refractivity contribution in [3.63, 3.8) is 0 Å². The molecule has 0 aliphatic rings. The Bertz CT molecular complexity index is 562. The molecular formula is C15H21N5O. The number of carbonyl (C=O) groups excluding carboxylic acids is 1. The fraction of sp³-hybridized carbons (Fsp3) is 0.467. The van der Waals surface area contributed by atoms with E-state index in [4.69, 9.17) is 0 Å². The van der Waals surface area contributed by atoms with Gasteiger partial charge < -0.3 is 5.32 Å². The van der Waals surface area contributed by atoms with E-state index in [2.05, 4.69) is 59.0 Å². The third-order valence-corrected chi connectivity index (χ3v) is 3.20. The van der Waals surface area contributed by atoms with Crippen LogP contribution in [0.4, 0.5) is 0 Å². The van der Waals surface area contributed by atoms with Gasteiger partial charge in [0.05, 0.1) is 6.04 Å². The summed E-state index contributed by atoms with van der Waals surface area (Å²) < 4.78 is 1.40. The van der Waals surface area contributed by atoms with Gasteiger partial charge in [0, 0.05) is 0 Å². The minimum Gasteiger partial charge on any atom is -0.348 e. The third-order valence-electron chi connectivity index (χ3n) is 3.20. The Balaban J connectivity index is 1.90. The van der Waals surface area contributed by atoms with Crippen LogP contribution in [0.1, 0.15) is 37.9 Å². The highest BCUT2D eigenvalue weighted by molar-refractivity contribution is 5.76. The highest BCUT2D eigenvalue weighted by Gasteiger charge is 2.10. The van der Waals surface area contributed by atoms with Gasteiger partial charge in [-0.1, -0.05) is 38.1 Å². The van der Waals surface area contributed by atoms with Crippen molar-refractivity contribution in [3.8, 4) is 0 Å². The molecule has 1 heterocycles. The van der Waals surface area contributed by atoms with Crippen molar-refractivity contribution in [2.24, 2.45) is 5.92 Å². The molecule has 2 rings (SSSR count). The molecule has 0 aliphatic carbocycles. The maximum absolute atomic E-state index is 11.9. The van der Waals surface area contributed by atoms with Crippen LogP contribution in [0.15, 0.2) is 30.6 Å². The number of carbonyl (C=O) groups is 1. The third kappa shape index (κ3) is 4.66. The van der Waals surface area contributed by atoms with Crippen molar-refractivity contribution >= 4 is 5.91 Å². The van der Waals surface area contributed by atoms with Gasteiger partial charge in [0.25, 0.3) is 0 Å². The van der Waals surface area contributed by atoms with Crippen molar-refractivity contribution in [1.29, 1.82) is 0 Å². The summed E-state index contributed by atoms with van der Waals surface area (Å²) in [4.78, 5) is 11.9. The molecule has 1 N–H and O–H groups in total. The number of hydrogen-bond donors (Lipinski definition) is 1. The summed E-state index contributed by atoms with van der Waals surface area (Å²) in [5.74, 6) is 0.533. The average Bonchev–Trinajstić information content (AvgIpc) is 2.91. The number of benzene rings is 1. The highest BCUT2D eigenvalue weighted by atomic mass is 16.2. The van der Waals surface area contributed by atoms with Crippen LogP contribution in [0.3, 0.4) is 0 Å². The quantitative estimate of drug-likeness (QED) is 0.878. The number of amides is 1. The lowest BCUT2D eigenvalue weighted by atomic mass is 10.00. The molecule has 1 aromatic carbocycles. The molecule has 0 bridgehead atoms. The van der Waals surface area contributed by atoms with E-state index in [0.717, 1.165) is 12.0 Å². The number of hydrogen-bond acceptors (Lipinski definition) is 4. The molecule has 6 nitrogen and oxygen atoms in total. The van der Waals surface area contributed by atoms with E-state index in [0.29, 0.717) is 5.92 Å². The van der Waals surface area contributed by atoms with Gasteiger partial charge in [-0.2, -0.15) is 0 Å². The van der Waals surface area contributed by atoms with E-state index in [-0.39, 0.29) is 18.5 Å². The van der Waals surface area contributed by atoms with Gasteiger partial charge >= 0.3 is 0 Å². The second-order valence-electron chi connectivity index (χ2n) is 5.64. The Labute approximate surface area is 124 Å². The van der Waals surface area contributed by atoms with E-state index in [1.54, 1.807) is 0 Å². The van der Waals surface area contributed by atoms with E-state index in [1.807, 2.05) is 6.92 Å². The Morgan fingerprint density at radius 3 is 2.52 bits per heavy atom. The van der Waals surface area contributed by atoms with Crippen LogP contribution in [0.5, 0.6) is 0 Å². The first kappa shape index (κ1) is 15.2. The van der Waals surface area contributed by atoms with Crippen LogP contribution >= 0.6 is 0 Å². The van der Waals surface area contributed by atoms with Gasteiger partial charge in [0.15, 0.2) is 0 Å². The van der Waals surface area contributed by atoms with Crippen LogP contribution in [-0.4, -0.2) is 26.1 Å². The number of tetrazole rings is 1. The Kier molecular flexibility index (Phi) is 5.03. The summed E-state index contributed by atoms with van der Waals surface area (Å²) in [6.45, 7) is 6.50. The maximum Gasteiger partial charge on any atom is 0.242 e. The minimum atomic E-state index is -0.110. The van der Waals surface area contributed by atoms with Crippen LogP contribution in [0.25, 0.3) is 0 Å². The fourth-order valence-corrected chi connectivity index (χ4v) is 2.18. The van der Waals surface area contributed by atoms with Gasteiger partial charge in [-0.25, -0.2) is 4.68 Å². The second kappa shape index (κ2) is 6.97. The number of aromatic nitrogens is 4. The van der Waals surface area contributed by atoms with Crippen LogP contribution in [0.2, 0.25) is 0 Å². The van der Waals surface area contributed by atoms with E-state index >= 15 is 0 Å². The molecule has 1 aromatic heterocycles. The predicted octanol–water partition coefficient (Wildman–Crippen LogP) is 1.75. The summed E-state index contributed by atoms with van der Waals surface area (Å²) in [7, 11) is 0. The summed E-state index contributed by atoms with van der Waals surface area (Å²) in [5, 5.41) is 13.6. The predicted molar refractivity (Wildman–Crippen MR) is 79.4 cm³/mol. The van der Waals surface area contributed by atoms with Crippen molar-refractivity contribution < 1.29 is 4.79 Å². The first-order valence-electron chi connectivity index (χ1n) is 7.13. The molecule has 0 radical (unpaired) electrons. The molecule has 0 spiro atoms. The summed E-state index contributed by atoms with van der Waals surface area (Å²) in [6.07, 6.45) is 2.49. The zero-order valence-electron chi connectivity index (χ0n) is 12.7. The van der Waals surface area contributed by atoms with Crippen LogP contribution in [0, 0.1) is 5.92 Å². The zero-order chi connectivity index (χ0) is 15.2. The molecule has 6 heteroatoms. The molecule has 0 unspecified atom stereocenters. The molecule has 1 atom stereocenters. The maximum atomic E-state index is 11.9. The van der Waals surface area contributed by atoms with E-state index in [1.165, 1.54) is 16.6 Å². The molecule has 1 amide bonds. The normalized spacial score (nSPS) is 12.4. The molecule has 0 saturated carbocycles. The lowest BCUT2D eigenvalue weighted by molar-refractivity contribution is -0.122. The molecule has 2 aromatic rings. The number of nitrogens with zero attached hydrogens (tertiary/aromatic N) is 4. The van der Waals surface area contributed by atoms with Gasteiger partial charge in [-0.3, -0.25) is 4.79 Å². The van der Waals surface area contributed by atoms with E-state index < -0.39 is 0 Å². The first-order chi connectivity index (χ1) is 10.0. The Morgan fingerprint density at radius 2 is 1.95 bits per heavy atom. The summed E-state index contributed by atoms with van der Waals surface area (Å²) >= 11 is 0. The molecule has 0 aliphatic heterocycles. The van der Waals surface area contributed by atoms with Crippen molar-refractivity contribution in [2.75, 3.05) is 0 Å². The Hall–Kier alpha value is -2.24. The van der Waals surface area contributed by atoms with Crippen molar-refractivity contribution in [1.82, 2.24) is 25.5 Å². The van der Waals surface area contributed by atoms with E-state index in [9.17, 15) is 4.79 Å². The van der Waals surface area contributed by atoms with Crippen LogP contribution in [-0.2, 0) is 17.8 Å². The summed E-state index contributed by atoms with van der Waals surface area (Å²) in [5.41, 5.74) is 2.41. The lowest BCUT2D eigenvalue weighted by Gasteiger charge is -2.15. The zero-order valence-corrected chi connectivity index (χ0v) is 12.7. The standard InChI is InChI=1S/C15H21N5O/c1-11(2)8-13-4-6-14(7-5-13)12(3)17-15(21)9-20-10-16-18-19-20/h4-7,10-12H,8-9H2,1-3H3,(H,17,21)/t12-/m0/s1. The largest absolute Gasteiger partial charge is 0.348 e. The molecule has 112 valence electrons. The van der Waals surface area contributed by atoms with Crippen molar-refractivity contribution in [3.05, 3.63) is 41.7 Å². The highest BCUT2D eigenvalue weighted by Crippen LogP contribution is 2.15. The minimum absolute atomic E-state index is 0.0397. The van der Waals surface area contributed by atoms with Crippen molar-refractivity contribution in [2.45, 2.75) is 39.8 Å². The van der Waals surface area contributed by atoms with Gasteiger partial charge in [-0.05, 0) is 40.8 Å². The molecule has 21 heavy (non-hydrogen) atoms. The molecular weight excluding hydrogens is 266 g/mol. The van der Waals surface area contributed by atoms with Gasteiger partial charge in [0.1, 0.15) is 12.9 Å². The molecule has 0 fully saturated rings. The smallest absolute Gasteiger partial charge is 0.242 e.